The van der Waals surface area contributed by atoms with Gasteiger partial charge in [0.25, 0.3) is 0 Å². The Bertz CT molecular complexity index is 1140. The minimum Gasteiger partial charge on any atom is -0.462 e. The number of aryl methyl sites for hydroxylation is 2. The van der Waals surface area contributed by atoms with Crippen molar-refractivity contribution >= 4 is 40.0 Å². The third-order valence-corrected chi connectivity index (χ3v) is 6.98. The van der Waals surface area contributed by atoms with Crippen molar-refractivity contribution in [2.45, 2.75) is 34.2 Å². The molecular weight excluding hydrogens is 462 g/mol. The Hall–Kier alpha value is -3.24. The smallest absolute Gasteiger partial charge is 0.350 e. The van der Waals surface area contributed by atoms with E-state index in [9.17, 15) is 4.79 Å². The van der Waals surface area contributed by atoms with E-state index in [4.69, 9.17) is 9.72 Å². The van der Waals surface area contributed by atoms with Crippen molar-refractivity contribution in [2.75, 3.05) is 54.9 Å². The van der Waals surface area contributed by atoms with E-state index in [2.05, 4.69) is 68.5 Å². The molecule has 35 heavy (non-hydrogen) atoms. The largest absolute Gasteiger partial charge is 0.462 e. The van der Waals surface area contributed by atoms with Gasteiger partial charge in [0, 0.05) is 38.8 Å². The van der Waals surface area contributed by atoms with Gasteiger partial charge in [0.1, 0.15) is 16.5 Å². The van der Waals surface area contributed by atoms with Crippen molar-refractivity contribution in [1.82, 2.24) is 19.9 Å². The predicted octanol–water partition coefficient (Wildman–Crippen LogP) is 4.22. The third-order valence-electron chi connectivity index (χ3n) is 5.93. The monoisotopic (exact) mass is 495 g/mol. The summed E-state index contributed by atoms with van der Waals surface area (Å²) in [6.45, 7) is 13.7. The molecule has 3 heterocycles. The summed E-state index contributed by atoms with van der Waals surface area (Å²) < 4.78 is 5.14. The number of carbonyl (C=O) groups is 1. The molecule has 1 aliphatic rings. The summed E-state index contributed by atoms with van der Waals surface area (Å²) in [5.41, 5.74) is 3.04. The highest BCUT2D eigenvalue weighted by Crippen LogP contribution is 2.27. The quantitative estimate of drug-likeness (QED) is 0.423. The van der Waals surface area contributed by atoms with Crippen LogP contribution in [0.1, 0.15) is 40.3 Å². The van der Waals surface area contributed by atoms with E-state index in [-0.39, 0.29) is 5.97 Å². The molecule has 2 N–H and O–H groups in total. The Balaban J connectivity index is 1.56. The Labute approximate surface area is 210 Å². The number of rotatable bonds is 9. The molecule has 3 aromatic rings. The highest BCUT2D eigenvalue weighted by Gasteiger charge is 2.20. The first-order valence-corrected chi connectivity index (χ1v) is 12.8. The van der Waals surface area contributed by atoms with Crippen LogP contribution >= 0.6 is 11.3 Å². The zero-order valence-electron chi connectivity index (χ0n) is 20.8. The standard InChI is InChI=1S/C25H33N7O2S/c1-5-31-11-13-32(14-12-31)21-15-20(26-16-19-9-7-17(3)8-10-19)28-24(29-21)30-25-27-18(4)22(35-25)23(33)34-6-2/h7-10,15H,5-6,11-14,16H2,1-4H3,(H2,26,27,28,29,30). The molecule has 0 unspecified atom stereocenters. The van der Waals surface area contributed by atoms with Gasteiger partial charge in [-0.2, -0.15) is 9.97 Å². The molecule has 0 spiro atoms. The topological polar surface area (TPSA) is 95.5 Å². The number of hydrogen-bond donors (Lipinski definition) is 2. The highest BCUT2D eigenvalue weighted by atomic mass is 32.1. The zero-order valence-corrected chi connectivity index (χ0v) is 21.6. The number of anilines is 4. The number of nitrogens with zero attached hydrogens (tertiary/aromatic N) is 5. The molecule has 0 bridgehead atoms. The van der Waals surface area contributed by atoms with E-state index < -0.39 is 0 Å². The van der Waals surface area contributed by atoms with Crippen molar-refractivity contribution < 1.29 is 9.53 Å². The summed E-state index contributed by atoms with van der Waals surface area (Å²) in [4.78, 5) is 31.4. The number of esters is 1. The molecule has 186 valence electrons. The lowest BCUT2D eigenvalue weighted by molar-refractivity contribution is 0.0531. The van der Waals surface area contributed by atoms with Crippen molar-refractivity contribution in [3.05, 3.63) is 52.0 Å². The van der Waals surface area contributed by atoms with Gasteiger partial charge in [-0.05, 0) is 32.9 Å². The van der Waals surface area contributed by atoms with E-state index in [1.54, 1.807) is 13.8 Å². The molecule has 1 aliphatic heterocycles. The maximum Gasteiger partial charge on any atom is 0.350 e. The molecule has 0 saturated carbocycles. The second-order valence-electron chi connectivity index (χ2n) is 8.47. The van der Waals surface area contributed by atoms with Gasteiger partial charge in [-0.25, -0.2) is 9.78 Å². The first-order valence-electron chi connectivity index (χ1n) is 12.0. The minimum atomic E-state index is -0.362. The zero-order chi connectivity index (χ0) is 24.8. The van der Waals surface area contributed by atoms with Gasteiger partial charge in [-0.15, -0.1) is 0 Å². The predicted molar refractivity (Wildman–Crippen MR) is 141 cm³/mol. The molecule has 0 amide bonds. The SMILES string of the molecule is CCOC(=O)c1sc(Nc2nc(NCc3ccc(C)cc3)cc(N3CCN(CC)CC3)n2)nc1C. The van der Waals surface area contributed by atoms with Crippen LogP contribution in [0.3, 0.4) is 0 Å². The summed E-state index contributed by atoms with van der Waals surface area (Å²) >= 11 is 1.25. The number of piperazine rings is 1. The fraction of sp³-hybridized carbons (Fsp3) is 0.440. The van der Waals surface area contributed by atoms with Gasteiger partial charge in [0.15, 0.2) is 5.13 Å². The number of thiazole rings is 1. The fourth-order valence-corrected chi connectivity index (χ4v) is 4.72. The molecule has 2 aromatic heterocycles. The van der Waals surface area contributed by atoms with Crippen LogP contribution in [0.4, 0.5) is 22.7 Å². The van der Waals surface area contributed by atoms with Crippen LogP contribution in [0.25, 0.3) is 0 Å². The average molecular weight is 496 g/mol. The lowest BCUT2D eigenvalue weighted by Crippen LogP contribution is -2.46. The van der Waals surface area contributed by atoms with Crippen LogP contribution in [0.15, 0.2) is 30.3 Å². The van der Waals surface area contributed by atoms with E-state index in [1.807, 2.05) is 6.07 Å². The normalized spacial score (nSPS) is 14.1. The number of hydrogen-bond acceptors (Lipinski definition) is 10. The molecule has 0 atom stereocenters. The molecule has 1 saturated heterocycles. The lowest BCUT2D eigenvalue weighted by atomic mass is 10.1. The molecule has 4 rings (SSSR count). The summed E-state index contributed by atoms with van der Waals surface area (Å²) in [6, 6.07) is 10.4. The van der Waals surface area contributed by atoms with Crippen molar-refractivity contribution in [3.63, 3.8) is 0 Å². The fourth-order valence-electron chi connectivity index (χ4n) is 3.87. The molecule has 1 fully saturated rings. The van der Waals surface area contributed by atoms with Crippen molar-refractivity contribution in [3.8, 4) is 0 Å². The summed E-state index contributed by atoms with van der Waals surface area (Å²) in [7, 11) is 0. The Kier molecular flexibility index (Phi) is 8.14. The van der Waals surface area contributed by atoms with Gasteiger partial charge < -0.3 is 19.9 Å². The number of nitrogens with one attached hydrogen (secondary N) is 2. The Morgan fingerprint density at radius 2 is 1.80 bits per heavy atom. The Morgan fingerprint density at radius 1 is 1.06 bits per heavy atom. The van der Waals surface area contributed by atoms with Crippen molar-refractivity contribution in [2.24, 2.45) is 0 Å². The average Bonchev–Trinajstić information content (AvgIpc) is 3.23. The van der Waals surface area contributed by atoms with Crippen LogP contribution in [-0.2, 0) is 11.3 Å². The van der Waals surface area contributed by atoms with Crippen LogP contribution < -0.4 is 15.5 Å². The molecule has 1 aromatic carbocycles. The minimum absolute atomic E-state index is 0.325. The molecule has 0 aliphatic carbocycles. The first kappa shape index (κ1) is 24.9. The second-order valence-corrected chi connectivity index (χ2v) is 9.47. The second kappa shape index (κ2) is 11.5. The van der Waals surface area contributed by atoms with Crippen LogP contribution in [0, 0.1) is 13.8 Å². The summed E-state index contributed by atoms with van der Waals surface area (Å²) in [5.74, 6) is 1.67. The first-order chi connectivity index (χ1) is 16.9. The van der Waals surface area contributed by atoms with E-state index >= 15 is 0 Å². The molecule has 9 nitrogen and oxygen atoms in total. The van der Waals surface area contributed by atoms with Crippen LogP contribution in [0.2, 0.25) is 0 Å². The number of carbonyl (C=O) groups excluding carboxylic acids is 1. The Morgan fingerprint density at radius 3 is 2.49 bits per heavy atom. The van der Waals surface area contributed by atoms with Crippen LogP contribution in [0.5, 0.6) is 0 Å². The van der Waals surface area contributed by atoms with E-state index in [0.717, 1.165) is 44.4 Å². The van der Waals surface area contributed by atoms with Crippen molar-refractivity contribution in [1.29, 1.82) is 0 Å². The lowest BCUT2D eigenvalue weighted by Gasteiger charge is -2.34. The molecule has 10 heteroatoms. The van der Waals surface area contributed by atoms with Gasteiger partial charge in [-0.3, -0.25) is 5.32 Å². The van der Waals surface area contributed by atoms with Gasteiger partial charge >= 0.3 is 5.97 Å². The number of likely N-dealkylation sites (N-methyl/N-ethyl adjacent to an activating group) is 1. The summed E-state index contributed by atoms with van der Waals surface area (Å²) in [5, 5.41) is 7.20. The van der Waals surface area contributed by atoms with Crippen LogP contribution in [-0.4, -0.2) is 65.2 Å². The maximum absolute atomic E-state index is 12.2. The van der Waals surface area contributed by atoms with Gasteiger partial charge in [0.05, 0.1) is 12.3 Å². The number of ether oxygens (including phenoxy) is 1. The number of benzene rings is 1. The third kappa shape index (κ3) is 6.46. The molecular formula is C25H33N7O2S. The van der Waals surface area contributed by atoms with Gasteiger partial charge in [0.2, 0.25) is 5.95 Å². The van der Waals surface area contributed by atoms with E-state index in [1.165, 1.54) is 22.5 Å². The van der Waals surface area contributed by atoms with E-state index in [0.29, 0.717) is 34.8 Å². The summed E-state index contributed by atoms with van der Waals surface area (Å²) in [6.07, 6.45) is 0. The molecule has 0 radical (unpaired) electrons. The van der Waals surface area contributed by atoms with Gasteiger partial charge in [-0.1, -0.05) is 48.1 Å². The maximum atomic E-state index is 12.2. The highest BCUT2D eigenvalue weighted by molar-refractivity contribution is 7.17. The number of aromatic nitrogens is 3.